The first-order valence-corrected chi connectivity index (χ1v) is 7.61. The zero-order valence-electron chi connectivity index (χ0n) is 13.4. The Balaban J connectivity index is 1.91. The van der Waals surface area contributed by atoms with Gasteiger partial charge in [0.05, 0.1) is 30.3 Å². The Morgan fingerprint density at radius 2 is 2.25 bits per heavy atom. The molecule has 7 heteroatoms. The summed E-state index contributed by atoms with van der Waals surface area (Å²) < 4.78 is 1.89. The van der Waals surface area contributed by atoms with Crippen LogP contribution in [0.4, 0.5) is 0 Å². The van der Waals surface area contributed by atoms with Crippen molar-refractivity contribution < 1.29 is 9.90 Å². The predicted octanol–water partition coefficient (Wildman–Crippen LogP) is 1.29. The zero-order chi connectivity index (χ0) is 17.1. The molecule has 7 nitrogen and oxygen atoms in total. The van der Waals surface area contributed by atoms with Gasteiger partial charge in [0.2, 0.25) is 5.91 Å². The fourth-order valence-corrected chi connectivity index (χ4v) is 2.69. The lowest BCUT2D eigenvalue weighted by atomic mass is 10.1. The van der Waals surface area contributed by atoms with Crippen LogP contribution in [0.2, 0.25) is 0 Å². The first-order chi connectivity index (χ1) is 11.5. The van der Waals surface area contributed by atoms with Gasteiger partial charge in [0, 0.05) is 18.7 Å². The van der Waals surface area contributed by atoms with Crippen molar-refractivity contribution in [3.05, 3.63) is 65.0 Å². The van der Waals surface area contributed by atoms with E-state index in [9.17, 15) is 9.90 Å². The molecule has 0 aliphatic heterocycles. The van der Waals surface area contributed by atoms with Gasteiger partial charge in [-0.05, 0) is 30.2 Å². The third kappa shape index (κ3) is 3.45. The number of primary amides is 1. The second-order valence-corrected chi connectivity index (χ2v) is 5.78. The standard InChI is InChI=1S/C17H19N5O2/c1-11-13(8-20-21-11)6-15-16(7-17(18)24)22(10-19-15)9-12-3-2-4-14(23)5-12/h2-5,8,10,23H,6-7,9H2,1H3,(H2,18,24)(H,20,21). The number of benzene rings is 1. The molecule has 0 bridgehead atoms. The Labute approximate surface area is 139 Å². The number of hydrogen-bond acceptors (Lipinski definition) is 4. The number of imidazole rings is 1. The summed E-state index contributed by atoms with van der Waals surface area (Å²) in [6.45, 7) is 2.45. The largest absolute Gasteiger partial charge is 0.508 e. The smallest absolute Gasteiger partial charge is 0.223 e. The molecule has 0 aliphatic rings. The first kappa shape index (κ1) is 15.8. The average molecular weight is 325 g/mol. The van der Waals surface area contributed by atoms with Gasteiger partial charge >= 0.3 is 0 Å². The van der Waals surface area contributed by atoms with E-state index in [1.54, 1.807) is 30.7 Å². The summed E-state index contributed by atoms with van der Waals surface area (Å²) in [6, 6.07) is 7.00. The van der Waals surface area contributed by atoms with Crippen molar-refractivity contribution >= 4 is 5.91 Å². The van der Waals surface area contributed by atoms with Crippen LogP contribution in [0.5, 0.6) is 5.75 Å². The van der Waals surface area contributed by atoms with E-state index in [-0.39, 0.29) is 12.2 Å². The summed E-state index contributed by atoms with van der Waals surface area (Å²) in [7, 11) is 0. The molecular weight excluding hydrogens is 306 g/mol. The van der Waals surface area contributed by atoms with Crippen molar-refractivity contribution in [2.75, 3.05) is 0 Å². The minimum Gasteiger partial charge on any atom is -0.508 e. The van der Waals surface area contributed by atoms with Crippen LogP contribution < -0.4 is 5.73 Å². The van der Waals surface area contributed by atoms with Gasteiger partial charge in [0.25, 0.3) is 0 Å². The highest BCUT2D eigenvalue weighted by Gasteiger charge is 2.15. The van der Waals surface area contributed by atoms with Crippen LogP contribution in [0.3, 0.4) is 0 Å². The predicted molar refractivity (Wildman–Crippen MR) is 88.5 cm³/mol. The maximum Gasteiger partial charge on any atom is 0.223 e. The van der Waals surface area contributed by atoms with Crippen molar-refractivity contribution in [2.24, 2.45) is 5.73 Å². The molecular formula is C17H19N5O2. The molecule has 2 heterocycles. The van der Waals surface area contributed by atoms with Gasteiger partial charge in [0.15, 0.2) is 0 Å². The fourth-order valence-electron chi connectivity index (χ4n) is 2.69. The molecule has 2 aromatic heterocycles. The van der Waals surface area contributed by atoms with E-state index in [1.807, 2.05) is 17.6 Å². The number of carbonyl (C=O) groups is 1. The quantitative estimate of drug-likeness (QED) is 0.634. The molecule has 0 radical (unpaired) electrons. The van der Waals surface area contributed by atoms with Crippen molar-refractivity contribution in [1.82, 2.24) is 19.7 Å². The summed E-state index contributed by atoms with van der Waals surface area (Å²) in [5.74, 6) is -0.198. The number of nitrogens with two attached hydrogens (primary N) is 1. The molecule has 0 aliphatic carbocycles. The van der Waals surface area contributed by atoms with Crippen LogP contribution in [0, 0.1) is 6.92 Å². The number of rotatable bonds is 6. The lowest BCUT2D eigenvalue weighted by Gasteiger charge is -2.09. The number of aromatic hydroxyl groups is 1. The van der Waals surface area contributed by atoms with E-state index >= 15 is 0 Å². The summed E-state index contributed by atoms with van der Waals surface area (Å²) in [5.41, 5.74) is 9.92. The number of carbonyl (C=O) groups excluding carboxylic acids is 1. The topological polar surface area (TPSA) is 110 Å². The van der Waals surface area contributed by atoms with Gasteiger partial charge in [-0.3, -0.25) is 9.89 Å². The van der Waals surface area contributed by atoms with Crippen molar-refractivity contribution in [2.45, 2.75) is 26.3 Å². The van der Waals surface area contributed by atoms with Gasteiger partial charge in [-0.15, -0.1) is 0 Å². The number of aryl methyl sites for hydroxylation is 1. The van der Waals surface area contributed by atoms with E-state index < -0.39 is 5.91 Å². The average Bonchev–Trinajstić information content (AvgIpc) is 3.08. The molecule has 0 saturated heterocycles. The monoisotopic (exact) mass is 325 g/mol. The van der Waals surface area contributed by atoms with Gasteiger partial charge in [-0.25, -0.2) is 4.98 Å². The van der Waals surface area contributed by atoms with Gasteiger partial charge < -0.3 is 15.4 Å². The highest BCUT2D eigenvalue weighted by molar-refractivity contribution is 5.76. The van der Waals surface area contributed by atoms with Crippen LogP contribution in [-0.2, 0) is 24.2 Å². The molecule has 24 heavy (non-hydrogen) atoms. The molecule has 1 amide bonds. The molecule has 3 aromatic rings. The molecule has 3 rings (SSSR count). The Hall–Kier alpha value is -3.09. The van der Waals surface area contributed by atoms with Crippen LogP contribution in [0.15, 0.2) is 36.8 Å². The minimum absolute atomic E-state index is 0.116. The van der Waals surface area contributed by atoms with Crippen molar-refractivity contribution in [1.29, 1.82) is 0 Å². The van der Waals surface area contributed by atoms with E-state index in [2.05, 4.69) is 15.2 Å². The fraction of sp³-hybridized carbons (Fsp3) is 0.235. The SMILES string of the molecule is Cc1[nH]ncc1Cc1ncn(Cc2cccc(O)c2)c1CC(N)=O. The minimum atomic E-state index is -0.405. The number of nitrogens with zero attached hydrogens (tertiary/aromatic N) is 3. The summed E-state index contributed by atoms with van der Waals surface area (Å²) in [5, 5.41) is 16.5. The second-order valence-electron chi connectivity index (χ2n) is 5.78. The van der Waals surface area contributed by atoms with Crippen LogP contribution in [0.1, 0.15) is 28.2 Å². The summed E-state index contributed by atoms with van der Waals surface area (Å²) >= 11 is 0. The van der Waals surface area contributed by atoms with E-state index in [4.69, 9.17) is 5.73 Å². The van der Waals surface area contributed by atoms with Crippen molar-refractivity contribution in [3.8, 4) is 5.75 Å². The molecule has 124 valence electrons. The van der Waals surface area contributed by atoms with Crippen molar-refractivity contribution in [3.63, 3.8) is 0 Å². The molecule has 0 fully saturated rings. The second kappa shape index (κ2) is 6.57. The number of phenolic OH excluding ortho intramolecular Hbond substituents is 1. The third-order valence-electron chi connectivity index (χ3n) is 3.93. The molecule has 1 aromatic carbocycles. The van der Waals surface area contributed by atoms with E-state index in [1.165, 1.54) is 0 Å². The third-order valence-corrected chi connectivity index (χ3v) is 3.93. The highest BCUT2D eigenvalue weighted by Crippen LogP contribution is 2.18. The number of phenols is 1. The maximum atomic E-state index is 11.5. The first-order valence-electron chi connectivity index (χ1n) is 7.61. The Morgan fingerprint density at radius 1 is 1.42 bits per heavy atom. The number of H-pyrrole nitrogens is 1. The molecule has 0 atom stereocenters. The molecule has 4 N–H and O–H groups in total. The van der Waals surface area contributed by atoms with Gasteiger partial charge in [-0.2, -0.15) is 5.10 Å². The summed E-state index contributed by atoms with van der Waals surface area (Å²) in [4.78, 5) is 15.9. The maximum absolute atomic E-state index is 11.5. The Kier molecular flexibility index (Phi) is 4.33. The number of aromatic nitrogens is 4. The Morgan fingerprint density at radius 3 is 2.92 bits per heavy atom. The van der Waals surface area contributed by atoms with E-state index in [0.29, 0.717) is 13.0 Å². The number of hydrogen-bond donors (Lipinski definition) is 3. The van der Waals surface area contributed by atoms with E-state index in [0.717, 1.165) is 28.2 Å². The lowest BCUT2D eigenvalue weighted by molar-refractivity contribution is -0.117. The summed E-state index contributed by atoms with van der Waals surface area (Å²) in [6.07, 6.45) is 4.16. The zero-order valence-corrected chi connectivity index (χ0v) is 13.4. The molecule has 0 spiro atoms. The van der Waals surface area contributed by atoms with Crippen LogP contribution in [0.25, 0.3) is 0 Å². The number of amides is 1. The lowest BCUT2D eigenvalue weighted by Crippen LogP contribution is -2.18. The van der Waals surface area contributed by atoms with Gasteiger partial charge in [-0.1, -0.05) is 12.1 Å². The number of nitrogens with one attached hydrogen (secondary N) is 1. The molecule has 0 unspecified atom stereocenters. The Bertz CT molecular complexity index is 866. The highest BCUT2D eigenvalue weighted by atomic mass is 16.3. The van der Waals surface area contributed by atoms with Crippen LogP contribution >= 0.6 is 0 Å². The molecule has 0 saturated carbocycles. The normalized spacial score (nSPS) is 10.9. The number of aromatic amines is 1. The van der Waals surface area contributed by atoms with Crippen LogP contribution in [-0.4, -0.2) is 30.8 Å². The van der Waals surface area contributed by atoms with Gasteiger partial charge in [0.1, 0.15) is 5.75 Å².